The number of aromatic nitrogens is 3. The smallest absolute Gasteiger partial charge is 0.306 e. The molecule has 49 heavy (non-hydrogen) atoms. The van der Waals surface area contributed by atoms with E-state index >= 15 is 0 Å². The van der Waals surface area contributed by atoms with Crippen LogP contribution in [0.3, 0.4) is 0 Å². The van der Waals surface area contributed by atoms with Crippen molar-refractivity contribution in [2.45, 2.75) is 38.5 Å². The van der Waals surface area contributed by atoms with E-state index in [0.717, 1.165) is 80.4 Å². The van der Waals surface area contributed by atoms with Gasteiger partial charge in [-0.3, -0.25) is 19.5 Å². The standard InChI is InChI=1S/C37H36ClN7O3S/c1-43(2)20-32(46)45-18-30-31(19-45)49-36(42-30)24-6-3-5-22(12-24)27-7-4-8-29(33(27)38)41-35-34-23(9-10-39-35)11-21(15-40-34)16-44-17-25-13-26(44)14-28(25)37(47)48/h3-12,15,25-26,28H,13-14,16-20H2,1-2H3,(H,39,41)(H,47,48). The number of piperidine rings is 1. The first-order valence-corrected chi connectivity index (χ1v) is 17.7. The molecule has 1 saturated heterocycles. The zero-order valence-electron chi connectivity index (χ0n) is 27.3. The lowest BCUT2D eigenvalue weighted by Gasteiger charge is -2.29. The molecule has 2 fully saturated rings. The zero-order valence-corrected chi connectivity index (χ0v) is 28.8. The molecule has 2 aromatic carbocycles. The van der Waals surface area contributed by atoms with Crippen molar-refractivity contribution in [3.05, 3.63) is 88.1 Å². The lowest BCUT2D eigenvalue weighted by Crippen LogP contribution is -2.37. The summed E-state index contributed by atoms with van der Waals surface area (Å²) in [5.74, 6) is 0.112. The number of nitrogens with one attached hydrogen (secondary N) is 1. The predicted octanol–water partition coefficient (Wildman–Crippen LogP) is 6.52. The van der Waals surface area contributed by atoms with Crippen LogP contribution in [-0.4, -0.2) is 79.9 Å². The molecule has 2 N–H and O–H groups in total. The number of benzene rings is 2. The lowest BCUT2D eigenvalue weighted by molar-refractivity contribution is -0.144. The Hall–Kier alpha value is -4.42. The minimum Gasteiger partial charge on any atom is -0.481 e. The maximum absolute atomic E-state index is 12.6. The number of carboxylic acid groups (broad SMARTS) is 1. The van der Waals surface area contributed by atoms with Gasteiger partial charge in [0, 0.05) is 52.9 Å². The average molecular weight is 694 g/mol. The van der Waals surface area contributed by atoms with E-state index in [-0.39, 0.29) is 17.7 Å². The van der Waals surface area contributed by atoms with Crippen LogP contribution in [0.2, 0.25) is 5.02 Å². The maximum atomic E-state index is 12.6. The molecule has 1 aliphatic carbocycles. The summed E-state index contributed by atoms with van der Waals surface area (Å²) in [5.41, 5.74) is 6.43. The number of pyridine rings is 2. The molecule has 3 aromatic heterocycles. The second-order valence-corrected chi connectivity index (χ2v) is 15.0. The van der Waals surface area contributed by atoms with Crippen molar-refractivity contribution in [3.63, 3.8) is 0 Å². The Kier molecular flexibility index (Phi) is 8.31. The maximum Gasteiger partial charge on any atom is 0.306 e. The van der Waals surface area contributed by atoms with Gasteiger partial charge in [0.2, 0.25) is 5.91 Å². The molecular weight excluding hydrogens is 658 g/mol. The van der Waals surface area contributed by atoms with Gasteiger partial charge in [-0.2, -0.15) is 0 Å². The molecule has 1 amide bonds. The van der Waals surface area contributed by atoms with Gasteiger partial charge in [-0.25, -0.2) is 9.97 Å². The number of hydrogen-bond acceptors (Lipinski definition) is 9. The van der Waals surface area contributed by atoms with Gasteiger partial charge in [-0.15, -0.1) is 11.3 Å². The molecular formula is C37H36ClN7O3S. The first-order chi connectivity index (χ1) is 23.7. The highest BCUT2D eigenvalue weighted by molar-refractivity contribution is 7.15. The van der Waals surface area contributed by atoms with Crippen LogP contribution in [0.4, 0.5) is 11.5 Å². The fourth-order valence-electron chi connectivity index (χ4n) is 7.57. The molecule has 12 heteroatoms. The number of aliphatic carboxylic acids is 1. The van der Waals surface area contributed by atoms with Crippen molar-refractivity contribution in [3.8, 4) is 21.7 Å². The number of likely N-dealkylation sites (N-methyl/N-ethyl adjacent to an activating group) is 1. The molecule has 3 unspecified atom stereocenters. The largest absolute Gasteiger partial charge is 0.481 e. The molecule has 0 radical (unpaired) electrons. The third-order valence-corrected chi connectivity index (χ3v) is 11.5. The Morgan fingerprint density at radius 1 is 1.06 bits per heavy atom. The highest BCUT2D eigenvalue weighted by atomic mass is 35.5. The van der Waals surface area contributed by atoms with Crippen molar-refractivity contribution in [1.82, 2.24) is 29.7 Å². The van der Waals surface area contributed by atoms with Gasteiger partial charge in [-0.1, -0.05) is 41.9 Å². The summed E-state index contributed by atoms with van der Waals surface area (Å²) in [6.45, 7) is 3.12. The fourth-order valence-corrected chi connectivity index (χ4v) is 8.93. The van der Waals surface area contributed by atoms with Gasteiger partial charge in [0.05, 0.1) is 42.0 Å². The summed E-state index contributed by atoms with van der Waals surface area (Å²) >= 11 is 8.70. The number of nitrogens with zero attached hydrogens (tertiary/aromatic N) is 6. The molecule has 3 aliphatic rings. The van der Waals surface area contributed by atoms with Crippen LogP contribution >= 0.6 is 22.9 Å². The number of carbonyl (C=O) groups excluding carboxylic acids is 1. The second kappa shape index (κ2) is 12.8. The van der Waals surface area contributed by atoms with Crippen LogP contribution in [0.1, 0.15) is 29.0 Å². The number of anilines is 2. The summed E-state index contributed by atoms with van der Waals surface area (Å²) in [4.78, 5) is 45.7. The van der Waals surface area contributed by atoms with Gasteiger partial charge >= 0.3 is 5.97 Å². The summed E-state index contributed by atoms with van der Waals surface area (Å²) in [6.07, 6.45) is 5.37. The van der Waals surface area contributed by atoms with Crippen molar-refractivity contribution >= 4 is 57.2 Å². The van der Waals surface area contributed by atoms with E-state index in [1.54, 1.807) is 17.5 Å². The average Bonchev–Trinajstić information content (AvgIpc) is 3.86. The summed E-state index contributed by atoms with van der Waals surface area (Å²) < 4.78 is 0. The third-order valence-electron chi connectivity index (χ3n) is 9.94. The molecule has 2 aliphatic heterocycles. The monoisotopic (exact) mass is 693 g/mol. The van der Waals surface area contributed by atoms with E-state index in [1.807, 2.05) is 66.5 Å². The fraction of sp³-hybridized carbons (Fsp3) is 0.324. The summed E-state index contributed by atoms with van der Waals surface area (Å²) in [5, 5.41) is 15.4. The van der Waals surface area contributed by atoms with Gasteiger partial charge in [-0.05, 0) is 68.2 Å². The van der Waals surface area contributed by atoms with Crippen molar-refractivity contribution in [2.75, 3.05) is 32.5 Å². The number of likely N-dealkylation sites (tertiary alicyclic amines) is 1. The third kappa shape index (κ3) is 6.16. The molecule has 2 bridgehead atoms. The molecule has 0 spiro atoms. The first-order valence-electron chi connectivity index (χ1n) is 16.5. The van der Waals surface area contributed by atoms with Crippen molar-refractivity contribution < 1.29 is 14.7 Å². The molecule has 5 aromatic rings. The lowest BCUT2D eigenvalue weighted by atomic mass is 9.94. The molecule has 5 heterocycles. The van der Waals surface area contributed by atoms with E-state index in [4.69, 9.17) is 21.6 Å². The van der Waals surface area contributed by atoms with Crippen LogP contribution in [0.15, 0.2) is 67.0 Å². The number of halogens is 1. The van der Waals surface area contributed by atoms with Crippen LogP contribution in [-0.2, 0) is 29.2 Å². The van der Waals surface area contributed by atoms with Crippen LogP contribution < -0.4 is 5.32 Å². The highest BCUT2D eigenvalue weighted by Gasteiger charge is 2.47. The van der Waals surface area contributed by atoms with E-state index in [1.165, 1.54) is 0 Å². The Labute approximate surface area is 293 Å². The van der Waals surface area contributed by atoms with E-state index in [9.17, 15) is 14.7 Å². The van der Waals surface area contributed by atoms with Gasteiger partial charge in [0.1, 0.15) is 10.5 Å². The van der Waals surface area contributed by atoms with Crippen molar-refractivity contribution in [1.29, 1.82) is 0 Å². The Balaban J connectivity index is 0.988. The number of thiazole rings is 1. The Morgan fingerprint density at radius 3 is 2.67 bits per heavy atom. The zero-order chi connectivity index (χ0) is 33.8. The number of carbonyl (C=O) groups is 2. The molecule has 3 atom stereocenters. The van der Waals surface area contributed by atoms with Crippen LogP contribution in [0.25, 0.3) is 32.6 Å². The number of carboxylic acids is 1. The molecule has 250 valence electrons. The minimum atomic E-state index is -0.659. The van der Waals surface area contributed by atoms with Gasteiger partial charge in [0.15, 0.2) is 5.82 Å². The molecule has 8 rings (SSSR count). The predicted molar refractivity (Wildman–Crippen MR) is 192 cm³/mol. The number of rotatable bonds is 9. The number of amides is 1. The van der Waals surface area contributed by atoms with Crippen molar-refractivity contribution in [2.24, 2.45) is 11.8 Å². The second-order valence-electron chi connectivity index (χ2n) is 13.6. The normalized spacial score (nSPS) is 20.0. The molecule has 10 nitrogen and oxygen atoms in total. The highest BCUT2D eigenvalue weighted by Crippen LogP contribution is 2.43. The Morgan fingerprint density at radius 2 is 1.90 bits per heavy atom. The minimum absolute atomic E-state index is 0.115. The molecule has 1 saturated carbocycles. The SMILES string of the molecule is CN(C)CC(=O)N1Cc2nc(-c3cccc(-c4cccc(Nc5nccc6cc(CN7CC8CC7CC8C(=O)O)cnc56)c4Cl)c3)sc2C1. The van der Waals surface area contributed by atoms with Gasteiger partial charge < -0.3 is 20.2 Å². The number of hydrogen-bond donors (Lipinski definition) is 2. The van der Waals surface area contributed by atoms with E-state index < -0.39 is 5.97 Å². The van der Waals surface area contributed by atoms with E-state index in [0.29, 0.717) is 36.5 Å². The van der Waals surface area contributed by atoms with E-state index in [2.05, 4.69) is 33.4 Å². The summed E-state index contributed by atoms with van der Waals surface area (Å²) in [6, 6.07) is 18.6. The van der Waals surface area contributed by atoms with Crippen LogP contribution in [0, 0.1) is 11.8 Å². The quantitative estimate of drug-likeness (QED) is 0.178. The van der Waals surface area contributed by atoms with Gasteiger partial charge in [0.25, 0.3) is 0 Å². The Bertz CT molecular complexity index is 2080. The van der Waals surface area contributed by atoms with Crippen LogP contribution in [0.5, 0.6) is 0 Å². The summed E-state index contributed by atoms with van der Waals surface area (Å²) in [7, 11) is 3.80. The topological polar surface area (TPSA) is 115 Å². The first kappa shape index (κ1) is 31.8. The number of fused-ring (bicyclic) bond motifs is 4.